The van der Waals surface area contributed by atoms with Gasteiger partial charge in [0.05, 0.1) is 17.1 Å². The van der Waals surface area contributed by atoms with Crippen molar-refractivity contribution < 1.29 is 0 Å². The topological polar surface area (TPSA) is 89.3 Å². The molecule has 0 fully saturated rings. The molecule has 57 heavy (non-hydrogen) atoms. The van der Waals surface area contributed by atoms with Crippen molar-refractivity contribution in [1.29, 1.82) is 5.41 Å². The molecule has 1 unspecified atom stereocenters. The van der Waals surface area contributed by atoms with E-state index in [0.717, 1.165) is 72.5 Å². The number of benzene rings is 8. The van der Waals surface area contributed by atoms with Gasteiger partial charge < -0.3 is 10.3 Å². The summed E-state index contributed by atoms with van der Waals surface area (Å²) in [6.07, 6.45) is -0.264. The number of aromatic nitrogens is 2. The quantitative estimate of drug-likeness (QED) is 0.117. The van der Waals surface area contributed by atoms with Crippen LogP contribution < -0.4 is 10.9 Å². The van der Waals surface area contributed by atoms with Crippen LogP contribution in [0.4, 0.5) is 5.69 Å². The summed E-state index contributed by atoms with van der Waals surface area (Å²) in [5.74, 6) is 0.111. The third kappa shape index (κ3) is 6.81. The Morgan fingerprint density at radius 2 is 1.14 bits per heavy atom. The molecule has 1 aliphatic rings. The summed E-state index contributed by atoms with van der Waals surface area (Å²) < 4.78 is 0. The minimum atomic E-state index is -0.264. The highest BCUT2D eigenvalue weighted by Crippen LogP contribution is 2.34. The molecule has 8 aromatic carbocycles. The third-order valence-electron chi connectivity index (χ3n) is 10.5. The number of hydrogen-bond donors (Lipinski definition) is 3. The molecule has 0 saturated carbocycles. The number of fused-ring (bicyclic) bond motifs is 3. The molecule has 0 radical (unpaired) electrons. The molecular formula is C51H36N6. The number of rotatable bonds is 6. The van der Waals surface area contributed by atoms with Crippen molar-refractivity contribution in [3.05, 3.63) is 222 Å². The van der Waals surface area contributed by atoms with Crippen molar-refractivity contribution in [1.82, 2.24) is 9.97 Å². The summed E-state index contributed by atoms with van der Waals surface area (Å²) in [5.41, 5.74) is 11.9. The molecule has 3 N–H and O–H groups in total. The van der Waals surface area contributed by atoms with E-state index in [0.29, 0.717) is 11.2 Å². The maximum absolute atomic E-state index is 9.21. The molecule has 1 atom stereocenters. The molecule has 2 heterocycles. The van der Waals surface area contributed by atoms with Crippen LogP contribution in [0.5, 0.6) is 0 Å². The van der Waals surface area contributed by atoms with E-state index >= 15 is 0 Å². The molecule has 0 aliphatic carbocycles. The van der Waals surface area contributed by atoms with E-state index in [1.807, 2.05) is 36.4 Å². The van der Waals surface area contributed by atoms with E-state index in [2.05, 4.69) is 168 Å². The Hall–Kier alpha value is -7.70. The molecule has 0 saturated heterocycles. The largest absolute Gasteiger partial charge is 0.360 e. The summed E-state index contributed by atoms with van der Waals surface area (Å²) in [6, 6.07) is 66.6. The lowest BCUT2D eigenvalue weighted by atomic mass is 9.96. The van der Waals surface area contributed by atoms with E-state index in [9.17, 15) is 5.41 Å². The van der Waals surface area contributed by atoms with E-state index in [-0.39, 0.29) is 12.0 Å². The summed E-state index contributed by atoms with van der Waals surface area (Å²) in [6.45, 7) is 0. The predicted octanol–water partition coefficient (Wildman–Crippen LogP) is 11.6. The molecule has 0 bridgehead atoms. The lowest BCUT2D eigenvalue weighted by Gasteiger charge is -2.26. The van der Waals surface area contributed by atoms with Gasteiger partial charge in [0.2, 0.25) is 5.62 Å². The van der Waals surface area contributed by atoms with Crippen LogP contribution in [0.2, 0.25) is 0 Å². The number of nitrogens with zero attached hydrogens (tertiary/aromatic N) is 3. The first kappa shape index (κ1) is 33.8. The lowest BCUT2D eigenvalue weighted by Crippen LogP contribution is -2.20. The maximum Gasteiger partial charge on any atom is 0.229 e. The van der Waals surface area contributed by atoms with Crippen molar-refractivity contribution >= 4 is 38.8 Å². The zero-order valence-electron chi connectivity index (χ0n) is 30.9. The van der Waals surface area contributed by atoms with Crippen LogP contribution in [0, 0.1) is 5.41 Å². The Morgan fingerprint density at radius 1 is 0.509 bits per heavy atom. The van der Waals surface area contributed by atoms with Crippen molar-refractivity contribution in [2.75, 3.05) is 5.32 Å². The molecule has 1 aliphatic heterocycles. The molecule has 6 nitrogen and oxygen atoms in total. The second-order valence-electron chi connectivity index (χ2n) is 14.2. The monoisotopic (exact) mass is 732 g/mol. The number of hydrogen-bond acceptors (Lipinski definition) is 4. The lowest BCUT2D eigenvalue weighted by molar-refractivity contribution is 0.828. The number of amidine groups is 1. The van der Waals surface area contributed by atoms with Gasteiger partial charge in [-0.2, -0.15) is 4.99 Å². The van der Waals surface area contributed by atoms with Gasteiger partial charge in [0, 0.05) is 27.9 Å². The summed E-state index contributed by atoms with van der Waals surface area (Å²) in [4.78, 5) is 18.4. The second kappa shape index (κ2) is 14.5. The zero-order valence-corrected chi connectivity index (χ0v) is 30.9. The molecule has 9 aromatic rings. The van der Waals surface area contributed by atoms with Crippen molar-refractivity contribution in [3.8, 4) is 33.6 Å². The summed E-state index contributed by atoms with van der Waals surface area (Å²) >= 11 is 0. The first-order chi connectivity index (χ1) is 28.1. The average molecular weight is 733 g/mol. The van der Waals surface area contributed by atoms with Crippen LogP contribution >= 0.6 is 0 Å². The van der Waals surface area contributed by atoms with E-state index in [1.165, 1.54) is 10.8 Å². The van der Waals surface area contributed by atoms with Crippen LogP contribution in [0.25, 0.3) is 55.2 Å². The highest BCUT2D eigenvalue weighted by molar-refractivity contribution is 6.17. The van der Waals surface area contributed by atoms with Gasteiger partial charge in [0.15, 0.2) is 5.84 Å². The van der Waals surface area contributed by atoms with E-state index in [1.54, 1.807) is 0 Å². The zero-order chi connectivity index (χ0) is 38.1. The Bertz CT molecular complexity index is 2990. The number of para-hydroxylation sites is 1. The highest BCUT2D eigenvalue weighted by atomic mass is 15.1. The van der Waals surface area contributed by atoms with Gasteiger partial charge in [-0.15, -0.1) is 0 Å². The number of anilines is 1. The van der Waals surface area contributed by atoms with Gasteiger partial charge in [0.1, 0.15) is 6.17 Å². The van der Waals surface area contributed by atoms with E-state index in [4.69, 9.17) is 15.0 Å². The summed E-state index contributed by atoms with van der Waals surface area (Å²) in [7, 11) is 0. The number of nitrogens with one attached hydrogen (secondary N) is 3. The Labute approximate surface area is 330 Å². The van der Waals surface area contributed by atoms with Gasteiger partial charge in [0.25, 0.3) is 0 Å². The normalized spacial score (nSPS) is 13.9. The van der Waals surface area contributed by atoms with Gasteiger partial charge in [-0.3, -0.25) is 10.4 Å². The fourth-order valence-electron chi connectivity index (χ4n) is 7.61. The first-order valence-electron chi connectivity index (χ1n) is 19.0. The van der Waals surface area contributed by atoms with Crippen molar-refractivity contribution in [3.63, 3.8) is 0 Å². The predicted molar refractivity (Wildman–Crippen MR) is 234 cm³/mol. The molecule has 270 valence electrons. The van der Waals surface area contributed by atoms with Crippen LogP contribution in [0.15, 0.2) is 204 Å². The Balaban J connectivity index is 1.01. The third-order valence-corrected chi connectivity index (χ3v) is 10.5. The van der Waals surface area contributed by atoms with Crippen molar-refractivity contribution in [2.24, 2.45) is 9.98 Å². The molecule has 0 amide bonds. The minimum Gasteiger partial charge on any atom is -0.360 e. The number of aromatic amines is 1. The summed E-state index contributed by atoms with van der Waals surface area (Å²) in [5, 5.41) is 17.5. The van der Waals surface area contributed by atoms with Gasteiger partial charge in [-0.05, 0) is 80.2 Å². The smallest absolute Gasteiger partial charge is 0.229 e. The molecule has 1 aromatic heterocycles. The van der Waals surface area contributed by atoms with Crippen LogP contribution in [0.3, 0.4) is 0 Å². The van der Waals surface area contributed by atoms with Gasteiger partial charge in [-0.25, -0.2) is 4.98 Å². The van der Waals surface area contributed by atoms with Crippen LogP contribution in [-0.2, 0) is 0 Å². The Kier molecular flexibility index (Phi) is 8.61. The van der Waals surface area contributed by atoms with Gasteiger partial charge in [-0.1, -0.05) is 158 Å². The number of aliphatic imine (C=N–C) groups is 1. The standard InChI is InChI=1S/C51H36N6/c52-49(57-51-54-46(40-26-24-33-12-4-6-16-36(33)28-40)32-47(55-51)41-27-25-34-13-5-7-17-37(34)29-41)42-20-10-18-38(30-42)39-19-11-21-43(31-39)50-53-45-23-9-8-22-44(45)48(56-50)35-14-2-1-3-15-35/h1-32,50,53H,(H2,52,54,55,57). The SMILES string of the molecule is N=C(/N=c1/nc(-c2ccc3ccccc3c2)cc(-c2ccc3ccccc3c2)[nH]1)c1cccc(-c2cccc(C3N=C(c4ccccc4)c4ccccc4N3)c2)c1. The number of H-pyrrole nitrogens is 1. The fourth-order valence-corrected chi connectivity index (χ4v) is 7.61. The fraction of sp³-hybridized carbons (Fsp3) is 0.0196. The second-order valence-corrected chi connectivity index (χ2v) is 14.2. The molecule has 6 heteroatoms. The maximum atomic E-state index is 9.21. The van der Waals surface area contributed by atoms with Crippen molar-refractivity contribution in [2.45, 2.75) is 6.17 Å². The van der Waals surface area contributed by atoms with Gasteiger partial charge >= 0.3 is 0 Å². The average Bonchev–Trinajstić information content (AvgIpc) is 3.28. The highest BCUT2D eigenvalue weighted by Gasteiger charge is 2.22. The minimum absolute atomic E-state index is 0.111. The molecule has 10 rings (SSSR count). The molecule has 0 spiro atoms. The molecular weight excluding hydrogens is 697 g/mol. The first-order valence-corrected chi connectivity index (χ1v) is 19.0. The van der Waals surface area contributed by atoms with E-state index < -0.39 is 0 Å². The Morgan fingerprint density at radius 3 is 1.93 bits per heavy atom. The van der Waals surface area contributed by atoms with Crippen LogP contribution in [0.1, 0.15) is 28.4 Å². The van der Waals surface area contributed by atoms with Crippen LogP contribution in [-0.4, -0.2) is 21.5 Å².